The molecule has 3 aromatic rings. The molecule has 4 rings (SSSR count). The Balaban J connectivity index is 1.58. The van der Waals surface area contributed by atoms with Crippen molar-refractivity contribution in [3.63, 3.8) is 0 Å². The van der Waals surface area contributed by atoms with E-state index in [4.69, 9.17) is 0 Å². The molecule has 2 aromatic heterocycles. The molecule has 1 fully saturated rings. The third-order valence-electron chi connectivity index (χ3n) is 6.01. The average Bonchev–Trinajstić information content (AvgIpc) is 3.46. The number of hydrogen-bond donors (Lipinski definition) is 2. The highest BCUT2D eigenvalue weighted by atomic mass is 32.1. The monoisotopic (exact) mass is 468 g/mol. The fourth-order valence-electron chi connectivity index (χ4n) is 4.18. The van der Waals surface area contributed by atoms with Gasteiger partial charge in [0.25, 0.3) is 11.8 Å². The molecular formula is C24H32N6O2S. The van der Waals surface area contributed by atoms with Crippen LogP contribution in [0.4, 0.5) is 5.13 Å². The van der Waals surface area contributed by atoms with Gasteiger partial charge in [-0.2, -0.15) is 10.1 Å². The maximum Gasteiger partial charge on any atom is 0.273 e. The molecule has 1 aliphatic rings. The molecular weight excluding hydrogens is 436 g/mol. The summed E-state index contributed by atoms with van der Waals surface area (Å²) in [5, 5.41) is 11.0. The zero-order valence-electron chi connectivity index (χ0n) is 19.9. The summed E-state index contributed by atoms with van der Waals surface area (Å²) in [5.41, 5.74) is 2.25. The Morgan fingerprint density at radius 1 is 1.18 bits per heavy atom. The molecule has 3 heterocycles. The maximum absolute atomic E-state index is 13.1. The highest BCUT2D eigenvalue weighted by molar-refractivity contribution is 7.22. The molecule has 9 heteroatoms. The van der Waals surface area contributed by atoms with Gasteiger partial charge >= 0.3 is 0 Å². The summed E-state index contributed by atoms with van der Waals surface area (Å²) in [6.07, 6.45) is 2.26. The van der Waals surface area contributed by atoms with E-state index in [0.29, 0.717) is 39.3 Å². The van der Waals surface area contributed by atoms with Crippen LogP contribution in [0.3, 0.4) is 0 Å². The molecule has 1 unspecified atom stereocenters. The van der Waals surface area contributed by atoms with Gasteiger partial charge in [0, 0.05) is 18.2 Å². The summed E-state index contributed by atoms with van der Waals surface area (Å²) in [5.74, 6) is -0.431. The number of anilines is 1. The van der Waals surface area contributed by atoms with E-state index in [9.17, 15) is 9.59 Å². The van der Waals surface area contributed by atoms with Gasteiger partial charge in [-0.1, -0.05) is 36.0 Å². The first-order valence-electron chi connectivity index (χ1n) is 11.5. The van der Waals surface area contributed by atoms with Crippen LogP contribution >= 0.6 is 11.3 Å². The van der Waals surface area contributed by atoms with Gasteiger partial charge in [0.1, 0.15) is 4.70 Å². The Kier molecular flexibility index (Phi) is 6.54. The van der Waals surface area contributed by atoms with Crippen LogP contribution in [0.25, 0.3) is 10.3 Å². The van der Waals surface area contributed by atoms with Crippen LogP contribution < -0.4 is 10.6 Å². The summed E-state index contributed by atoms with van der Waals surface area (Å²) in [4.78, 5) is 32.8. The largest absolute Gasteiger partial charge is 0.349 e. The molecule has 1 saturated heterocycles. The van der Waals surface area contributed by atoms with Gasteiger partial charge in [-0.15, -0.1) is 0 Å². The standard InChI is InChI=1S/C24H32N6O2S/c1-6-29-13-7-8-17(29)14-25-22(32)18-19-20(30(28-18)24(3,4)5)26-23(33-19)27-21(31)16-11-9-15(2)10-12-16/h9-12,17H,6-8,13-14H2,1-5H3,(H,25,32)(H,26,27,31). The van der Waals surface area contributed by atoms with Crippen molar-refractivity contribution in [2.75, 3.05) is 25.0 Å². The molecule has 176 valence electrons. The van der Waals surface area contributed by atoms with E-state index in [1.807, 2.05) is 39.8 Å². The zero-order chi connectivity index (χ0) is 23.8. The lowest BCUT2D eigenvalue weighted by atomic mass is 10.1. The number of nitrogens with zero attached hydrogens (tertiary/aromatic N) is 4. The van der Waals surface area contributed by atoms with Gasteiger partial charge in [0.2, 0.25) is 0 Å². The number of likely N-dealkylation sites (tertiary alicyclic amines) is 1. The topological polar surface area (TPSA) is 92.2 Å². The SMILES string of the molecule is CCN1CCCC1CNC(=O)c1nn(C(C)(C)C)c2nc(NC(=O)c3ccc(C)cc3)sc12. The number of hydrogen-bond acceptors (Lipinski definition) is 6. The van der Waals surface area contributed by atoms with Crippen LogP contribution in [0, 0.1) is 6.92 Å². The molecule has 0 spiro atoms. The van der Waals surface area contributed by atoms with Gasteiger partial charge in [-0.3, -0.25) is 19.8 Å². The second kappa shape index (κ2) is 9.23. The predicted octanol–water partition coefficient (Wildman–Crippen LogP) is 4.02. The first-order valence-corrected chi connectivity index (χ1v) is 12.3. The molecule has 33 heavy (non-hydrogen) atoms. The van der Waals surface area contributed by atoms with Crippen LogP contribution in [0.1, 0.15) is 66.9 Å². The predicted molar refractivity (Wildman–Crippen MR) is 132 cm³/mol. The fourth-order valence-corrected chi connectivity index (χ4v) is 5.11. The Bertz CT molecular complexity index is 1160. The molecule has 0 saturated carbocycles. The van der Waals surface area contributed by atoms with E-state index in [2.05, 4.69) is 32.5 Å². The zero-order valence-corrected chi connectivity index (χ0v) is 20.8. The number of carbonyl (C=O) groups is 2. The van der Waals surface area contributed by atoms with Crippen LogP contribution in [0.15, 0.2) is 24.3 Å². The fraction of sp³-hybridized carbons (Fsp3) is 0.500. The lowest BCUT2D eigenvalue weighted by Gasteiger charge is -2.22. The van der Waals surface area contributed by atoms with Crippen molar-refractivity contribution in [3.05, 3.63) is 41.1 Å². The van der Waals surface area contributed by atoms with Gasteiger partial charge in [-0.05, 0) is 65.8 Å². The van der Waals surface area contributed by atoms with Crippen molar-refractivity contribution >= 4 is 38.6 Å². The number of benzene rings is 1. The van der Waals surface area contributed by atoms with Gasteiger partial charge in [0.15, 0.2) is 16.5 Å². The maximum atomic E-state index is 13.1. The van der Waals surface area contributed by atoms with E-state index in [-0.39, 0.29) is 17.4 Å². The highest BCUT2D eigenvalue weighted by Gasteiger charge is 2.29. The van der Waals surface area contributed by atoms with Crippen molar-refractivity contribution in [2.45, 2.75) is 59.0 Å². The van der Waals surface area contributed by atoms with Gasteiger partial charge in [0.05, 0.1) is 5.54 Å². The first kappa shape index (κ1) is 23.4. The lowest BCUT2D eigenvalue weighted by Crippen LogP contribution is -2.40. The lowest BCUT2D eigenvalue weighted by molar-refractivity contribution is 0.0935. The smallest absolute Gasteiger partial charge is 0.273 e. The Hall–Kier alpha value is -2.78. The van der Waals surface area contributed by atoms with E-state index in [1.54, 1.807) is 16.8 Å². The summed E-state index contributed by atoms with van der Waals surface area (Å²) in [6.45, 7) is 12.9. The number of nitrogens with one attached hydrogen (secondary N) is 2. The quantitative estimate of drug-likeness (QED) is 0.570. The molecule has 2 N–H and O–H groups in total. The number of aromatic nitrogens is 3. The Labute approximate surface area is 198 Å². The molecule has 1 aliphatic heterocycles. The van der Waals surface area contributed by atoms with E-state index < -0.39 is 0 Å². The Morgan fingerprint density at radius 3 is 2.58 bits per heavy atom. The summed E-state index contributed by atoms with van der Waals surface area (Å²) >= 11 is 1.28. The minimum atomic E-state index is -0.368. The first-order chi connectivity index (χ1) is 15.7. The number of amides is 2. The second-order valence-electron chi connectivity index (χ2n) is 9.56. The second-order valence-corrected chi connectivity index (χ2v) is 10.6. The molecule has 8 nitrogen and oxygen atoms in total. The minimum Gasteiger partial charge on any atom is -0.349 e. The van der Waals surface area contributed by atoms with E-state index in [0.717, 1.165) is 31.5 Å². The molecule has 2 amide bonds. The molecule has 0 aliphatic carbocycles. The van der Waals surface area contributed by atoms with E-state index in [1.165, 1.54) is 11.3 Å². The number of carbonyl (C=O) groups excluding carboxylic acids is 2. The normalized spacial score (nSPS) is 16.9. The summed E-state index contributed by atoms with van der Waals surface area (Å²) in [6, 6.07) is 7.74. The number of fused-ring (bicyclic) bond motifs is 1. The Morgan fingerprint density at radius 2 is 1.91 bits per heavy atom. The van der Waals surface area contributed by atoms with Gasteiger partial charge in [-0.25, -0.2) is 4.68 Å². The average molecular weight is 469 g/mol. The van der Waals surface area contributed by atoms with Crippen molar-refractivity contribution in [3.8, 4) is 0 Å². The van der Waals surface area contributed by atoms with Crippen LogP contribution in [0.5, 0.6) is 0 Å². The van der Waals surface area contributed by atoms with Crippen molar-refractivity contribution in [2.24, 2.45) is 0 Å². The molecule has 1 atom stereocenters. The number of likely N-dealkylation sites (N-methyl/N-ethyl adjacent to an activating group) is 1. The van der Waals surface area contributed by atoms with Gasteiger partial charge < -0.3 is 5.32 Å². The van der Waals surface area contributed by atoms with Crippen LogP contribution in [-0.4, -0.2) is 57.2 Å². The number of rotatable bonds is 6. The molecule has 1 aromatic carbocycles. The minimum absolute atomic E-state index is 0.203. The van der Waals surface area contributed by atoms with E-state index >= 15 is 0 Å². The van der Waals surface area contributed by atoms with Crippen molar-refractivity contribution in [1.82, 2.24) is 25.0 Å². The third kappa shape index (κ3) is 4.94. The summed E-state index contributed by atoms with van der Waals surface area (Å²) < 4.78 is 2.45. The highest BCUT2D eigenvalue weighted by Crippen LogP contribution is 2.32. The molecule has 0 radical (unpaired) electrons. The van der Waals surface area contributed by atoms with Crippen molar-refractivity contribution < 1.29 is 9.59 Å². The van der Waals surface area contributed by atoms with Crippen LogP contribution in [0.2, 0.25) is 0 Å². The third-order valence-corrected chi connectivity index (χ3v) is 6.98. The number of thiazole rings is 1. The molecule has 0 bridgehead atoms. The number of aryl methyl sites for hydroxylation is 1. The van der Waals surface area contributed by atoms with Crippen molar-refractivity contribution in [1.29, 1.82) is 0 Å². The summed E-state index contributed by atoms with van der Waals surface area (Å²) in [7, 11) is 0. The van der Waals surface area contributed by atoms with Crippen LogP contribution in [-0.2, 0) is 5.54 Å².